The van der Waals surface area contributed by atoms with Crippen LogP contribution in [0.1, 0.15) is 28.8 Å². The number of hydrogen-bond donors (Lipinski definition) is 4. The zero-order valence-corrected chi connectivity index (χ0v) is 15.1. The van der Waals surface area contributed by atoms with E-state index in [0.29, 0.717) is 12.0 Å². The summed E-state index contributed by atoms with van der Waals surface area (Å²) in [6.07, 6.45) is 6.63. The summed E-state index contributed by atoms with van der Waals surface area (Å²) >= 11 is 0. The van der Waals surface area contributed by atoms with Gasteiger partial charge in [-0.05, 0) is 48.9 Å². The summed E-state index contributed by atoms with van der Waals surface area (Å²) in [6.45, 7) is 0.815. The summed E-state index contributed by atoms with van der Waals surface area (Å²) < 4.78 is 0. The Kier molecular flexibility index (Phi) is 5.07. The predicted octanol–water partition coefficient (Wildman–Crippen LogP) is 2.72. The number of nitrogens with one attached hydrogen (secondary N) is 3. The molecule has 6 nitrogen and oxygen atoms in total. The second kappa shape index (κ2) is 7.80. The fraction of sp³-hybridized carbons (Fsp3) is 0.333. The third-order valence-electron chi connectivity index (χ3n) is 4.99. The van der Waals surface area contributed by atoms with E-state index in [2.05, 4.69) is 20.6 Å². The average Bonchev–Trinajstić information content (AvgIpc) is 3.46. The lowest BCUT2D eigenvalue weighted by Crippen LogP contribution is -2.39. The minimum Gasteiger partial charge on any atom is -0.394 e. The number of anilines is 1. The first kappa shape index (κ1) is 17.5. The number of benzene rings is 1. The Balaban J connectivity index is 1.37. The highest BCUT2D eigenvalue weighted by Gasteiger charge is 2.21. The fourth-order valence-corrected chi connectivity index (χ4v) is 3.20. The summed E-state index contributed by atoms with van der Waals surface area (Å²) in [5, 5.41) is 17.0. The lowest BCUT2D eigenvalue weighted by atomic mass is 10.1. The molecule has 2 aromatic heterocycles. The largest absolute Gasteiger partial charge is 0.394 e. The Morgan fingerprint density at radius 1 is 1.26 bits per heavy atom. The molecular weight excluding hydrogens is 340 g/mol. The number of hydrogen-bond acceptors (Lipinski definition) is 4. The molecule has 140 valence electrons. The lowest BCUT2D eigenvalue weighted by Gasteiger charge is -2.16. The normalized spacial score (nSPS) is 14.9. The molecular formula is C21H24N4O2. The van der Waals surface area contributed by atoms with Gasteiger partial charge in [0.05, 0.1) is 18.2 Å². The maximum atomic E-state index is 12.5. The van der Waals surface area contributed by atoms with E-state index in [0.717, 1.165) is 34.7 Å². The van der Waals surface area contributed by atoms with Gasteiger partial charge in [-0.25, -0.2) is 4.98 Å². The van der Waals surface area contributed by atoms with Gasteiger partial charge in [-0.1, -0.05) is 18.2 Å². The molecule has 0 spiro atoms. The maximum Gasteiger partial charge on any atom is 0.253 e. The van der Waals surface area contributed by atoms with Gasteiger partial charge >= 0.3 is 0 Å². The van der Waals surface area contributed by atoms with Gasteiger partial charge in [0.2, 0.25) is 0 Å². The van der Waals surface area contributed by atoms with Gasteiger partial charge in [0.25, 0.3) is 5.91 Å². The van der Waals surface area contributed by atoms with E-state index in [-0.39, 0.29) is 18.6 Å². The first-order valence-corrected chi connectivity index (χ1v) is 9.39. The SMILES string of the molecule is O=C(NC(CO)Cc1c[nH]c2ccccc12)c1ccc(NCC2CC2)nc1. The van der Waals surface area contributed by atoms with Gasteiger partial charge in [0, 0.05) is 29.8 Å². The first-order chi connectivity index (χ1) is 13.2. The number of nitrogens with zero attached hydrogens (tertiary/aromatic N) is 1. The summed E-state index contributed by atoms with van der Waals surface area (Å²) in [5.41, 5.74) is 2.61. The van der Waals surface area contributed by atoms with Gasteiger partial charge < -0.3 is 20.7 Å². The number of para-hydroxylation sites is 1. The van der Waals surface area contributed by atoms with E-state index in [1.54, 1.807) is 12.3 Å². The average molecular weight is 364 g/mol. The van der Waals surface area contributed by atoms with Gasteiger partial charge in [0.1, 0.15) is 5.82 Å². The van der Waals surface area contributed by atoms with Crippen molar-refractivity contribution >= 4 is 22.6 Å². The maximum absolute atomic E-state index is 12.5. The van der Waals surface area contributed by atoms with Crippen LogP contribution in [0.25, 0.3) is 10.9 Å². The van der Waals surface area contributed by atoms with E-state index < -0.39 is 0 Å². The van der Waals surface area contributed by atoms with Crippen LogP contribution in [0.2, 0.25) is 0 Å². The van der Waals surface area contributed by atoms with Crippen LogP contribution in [-0.4, -0.2) is 40.2 Å². The summed E-state index contributed by atoms with van der Waals surface area (Å²) in [4.78, 5) is 20.0. The topological polar surface area (TPSA) is 90.0 Å². The number of aromatic amines is 1. The number of aromatic nitrogens is 2. The Bertz CT molecular complexity index is 915. The van der Waals surface area contributed by atoms with Gasteiger partial charge in [-0.3, -0.25) is 4.79 Å². The van der Waals surface area contributed by atoms with Gasteiger partial charge in [-0.2, -0.15) is 0 Å². The number of carbonyl (C=O) groups is 1. The first-order valence-electron chi connectivity index (χ1n) is 9.39. The second-order valence-electron chi connectivity index (χ2n) is 7.17. The Labute approximate surface area is 158 Å². The van der Waals surface area contributed by atoms with Crippen molar-refractivity contribution in [2.24, 2.45) is 5.92 Å². The van der Waals surface area contributed by atoms with Gasteiger partial charge in [-0.15, -0.1) is 0 Å². The van der Waals surface area contributed by atoms with E-state index in [9.17, 15) is 9.90 Å². The molecule has 1 saturated carbocycles. The van der Waals surface area contributed by atoms with Crippen LogP contribution < -0.4 is 10.6 Å². The lowest BCUT2D eigenvalue weighted by molar-refractivity contribution is 0.0916. The molecule has 2 heterocycles. The zero-order chi connectivity index (χ0) is 18.6. The van der Waals surface area contributed by atoms with Crippen molar-refractivity contribution in [2.45, 2.75) is 25.3 Å². The van der Waals surface area contributed by atoms with Crippen molar-refractivity contribution in [3.05, 3.63) is 59.9 Å². The number of pyridine rings is 1. The minimum atomic E-state index is -0.357. The number of fused-ring (bicyclic) bond motifs is 1. The molecule has 4 N–H and O–H groups in total. The predicted molar refractivity (Wildman–Crippen MR) is 106 cm³/mol. The van der Waals surface area contributed by atoms with Crippen LogP contribution in [0.3, 0.4) is 0 Å². The number of aliphatic hydroxyl groups is 1. The van der Waals surface area contributed by atoms with E-state index in [1.165, 1.54) is 12.8 Å². The van der Waals surface area contributed by atoms with Crippen molar-refractivity contribution in [3.63, 3.8) is 0 Å². The monoisotopic (exact) mass is 364 g/mol. The fourth-order valence-electron chi connectivity index (χ4n) is 3.20. The van der Waals surface area contributed by atoms with E-state index in [1.807, 2.05) is 36.5 Å². The van der Waals surface area contributed by atoms with Gasteiger partial charge in [0.15, 0.2) is 0 Å². The third-order valence-corrected chi connectivity index (χ3v) is 4.99. The molecule has 6 heteroatoms. The van der Waals surface area contributed by atoms with Crippen LogP contribution in [0.4, 0.5) is 5.82 Å². The van der Waals surface area contributed by atoms with Crippen molar-refractivity contribution in [3.8, 4) is 0 Å². The molecule has 0 aliphatic heterocycles. The number of rotatable bonds is 8. The molecule has 1 atom stereocenters. The van der Waals surface area contributed by atoms with Crippen LogP contribution in [0.5, 0.6) is 0 Å². The Morgan fingerprint density at radius 2 is 2.11 bits per heavy atom. The Morgan fingerprint density at radius 3 is 2.85 bits per heavy atom. The molecule has 0 saturated heterocycles. The highest BCUT2D eigenvalue weighted by atomic mass is 16.3. The van der Waals surface area contributed by atoms with Crippen LogP contribution in [0, 0.1) is 5.92 Å². The summed E-state index contributed by atoms with van der Waals surface area (Å²) in [5.74, 6) is 1.33. The molecule has 1 aliphatic carbocycles. The highest BCUT2D eigenvalue weighted by molar-refractivity contribution is 5.94. The Hall–Kier alpha value is -2.86. The van der Waals surface area contributed by atoms with Crippen molar-refractivity contribution in [1.82, 2.24) is 15.3 Å². The molecule has 1 aromatic carbocycles. The molecule has 4 rings (SSSR count). The van der Waals surface area contributed by atoms with Crippen molar-refractivity contribution in [1.29, 1.82) is 0 Å². The van der Waals surface area contributed by atoms with Crippen molar-refractivity contribution in [2.75, 3.05) is 18.5 Å². The minimum absolute atomic E-state index is 0.125. The molecule has 1 aliphatic rings. The van der Waals surface area contributed by atoms with Crippen LogP contribution >= 0.6 is 0 Å². The van der Waals surface area contributed by atoms with Crippen molar-refractivity contribution < 1.29 is 9.90 Å². The standard InChI is InChI=1S/C21H24N4O2/c26-13-17(9-16-12-22-19-4-2-1-3-18(16)19)25-21(27)15-7-8-20(24-11-15)23-10-14-5-6-14/h1-4,7-8,11-12,14,17,22,26H,5-6,9-10,13H2,(H,23,24)(H,25,27). The zero-order valence-electron chi connectivity index (χ0n) is 15.1. The molecule has 27 heavy (non-hydrogen) atoms. The smallest absolute Gasteiger partial charge is 0.253 e. The van der Waals surface area contributed by atoms with Crippen LogP contribution in [-0.2, 0) is 6.42 Å². The molecule has 1 unspecified atom stereocenters. The number of carbonyl (C=O) groups excluding carboxylic acids is 1. The number of amides is 1. The molecule has 3 aromatic rings. The number of aliphatic hydroxyl groups excluding tert-OH is 1. The van der Waals surface area contributed by atoms with Crippen LogP contribution in [0.15, 0.2) is 48.8 Å². The molecule has 0 radical (unpaired) electrons. The quantitative estimate of drug-likeness (QED) is 0.495. The second-order valence-corrected chi connectivity index (χ2v) is 7.17. The molecule has 0 bridgehead atoms. The third kappa shape index (κ3) is 4.28. The number of H-pyrrole nitrogens is 1. The van der Waals surface area contributed by atoms with E-state index >= 15 is 0 Å². The summed E-state index contributed by atoms with van der Waals surface area (Å²) in [7, 11) is 0. The highest BCUT2D eigenvalue weighted by Crippen LogP contribution is 2.28. The summed E-state index contributed by atoms with van der Waals surface area (Å²) in [6, 6.07) is 11.2. The van der Waals surface area contributed by atoms with E-state index in [4.69, 9.17) is 0 Å². The molecule has 1 amide bonds. The molecule has 1 fully saturated rings.